The Morgan fingerprint density at radius 3 is 2.46 bits per heavy atom. The van der Waals surface area contributed by atoms with Crippen LogP contribution in [0, 0.1) is 0 Å². The fraction of sp³-hybridized carbons (Fsp3) is 0. The Kier molecular flexibility index (Phi) is 3.03. The molecule has 0 heterocycles. The molecule has 1 aromatic carbocycles. The Morgan fingerprint density at radius 1 is 1.31 bits per heavy atom. The van der Waals surface area contributed by atoms with Gasteiger partial charge in [-0.25, -0.2) is 0 Å². The van der Waals surface area contributed by atoms with E-state index in [9.17, 15) is 4.79 Å². The number of hydrogen-bond donors (Lipinski definition) is 1. The van der Waals surface area contributed by atoms with Gasteiger partial charge in [-0.1, -0.05) is 24.8 Å². The van der Waals surface area contributed by atoms with E-state index in [1.807, 2.05) is 12.1 Å². The van der Waals surface area contributed by atoms with E-state index >= 15 is 0 Å². The maximum atomic E-state index is 10.8. The Bertz CT molecular complexity index is 336. The predicted molar refractivity (Wildman–Crippen MR) is 55.1 cm³/mol. The molecule has 0 radical (unpaired) electrons. The van der Waals surface area contributed by atoms with Crippen molar-refractivity contribution in [3.05, 3.63) is 48.6 Å². The standard InChI is InChI=1S/C11H11NO/c1-2-11(13)8-5-9-3-6-10(12)7-4-9/h2-8H,1,12H2/b8-5+. The molecule has 1 rings (SSSR count). The molecule has 0 saturated carbocycles. The molecular weight excluding hydrogens is 162 g/mol. The molecule has 0 aliphatic rings. The molecule has 2 heteroatoms. The van der Waals surface area contributed by atoms with Gasteiger partial charge in [0.05, 0.1) is 0 Å². The lowest BCUT2D eigenvalue weighted by Gasteiger charge is -1.93. The van der Waals surface area contributed by atoms with E-state index in [2.05, 4.69) is 6.58 Å². The number of hydrogen-bond acceptors (Lipinski definition) is 2. The number of benzene rings is 1. The number of nitrogen functional groups attached to an aromatic ring is 1. The SMILES string of the molecule is C=CC(=O)/C=C/c1ccc(N)cc1. The minimum atomic E-state index is -0.100. The predicted octanol–water partition coefficient (Wildman–Crippen LogP) is 2.04. The highest BCUT2D eigenvalue weighted by atomic mass is 16.1. The molecule has 0 fully saturated rings. The third-order valence-corrected chi connectivity index (χ3v) is 1.58. The van der Waals surface area contributed by atoms with Gasteiger partial charge in [-0.05, 0) is 29.8 Å². The largest absolute Gasteiger partial charge is 0.399 e. The van der Waals surface area contributed by atoms with Crippen LogP contribution in [0.5, 0.6) is 0 Å². The molecule has 2 N–H and O–H groups in total. The number of carbonyl (C=O) groups is 1. The maximum Gasteiger partial charge on any atom is 0.178 e. The highest BCUT2D eigenvalue weighted by molar-refractivity contribution is 6.01. The normalized spacial score (nSPS) is 10.2. The van der Waals surface area contributed by atoms with Crippen molar-refractivity contribution in [3.63, 3.8) is 0 Å². The van der Waals surface area contributed by atoms with E-state index in [0.717, 1.165) is 5.56 Å². The van der Waals surface area contributed by atoms with Crippen molar-refractivity contribution in [2.24, 2.45) is 0 Å². The zero-order valence-corrected chi connectivity index (χ0v) is 7.23. The minimum Gasteiger partial charge on any atom is -0.399 e. The summed E-state index contributed by atoms with van der Waals surface area (Å²) in [7, 11) is 0. The lowest BCUT2D eigenvalue weighted by molar-refractivity contribution is -0.110. The van der Waals surface area contributed by atoms with Crippen molar-refractivity contribution in [2.45, 2.75) is 0 Å². The third-order valence-electron chi connectivity index (χ3n) is 1.58. The average Bonchev–Trinajstić information content (AvgIpc) is 2.16. The van der Waals surface area contributed by atoms with Crippen LogP contribution in [-0.2, 0) is 4.79 Å². The van der Waals surface area contributed by atoms with Gasteiger partial charge in [0.1, 0.15) is 0 Å². The van der Waals surface area contributed by atoms with Crippen molar-refractivity contribution in [2.75, 3.05) is 5.73 Å². The Labute approximate surface area is 77.4 Å². The lowest BCUT2D eigenvalue weighted by atomic mass is 10.2. The summed E-state index contributed by atoms with van der Waals surface area (Å²) in [5.74, 6) is -0.100. The van der Waals surface area contributed by atoms with E-state index in [0.29, 0.717) is 5.69 Å². The summed E-state index contributed by atoms with van der Waals surface area (Å²) in [4.78, 5) is 10.8. The lowest BCUT2D eigenvalue weighted by Crippen LogP contribution is -1.84. The van der Waals surface area contributed by atoms with Crippen LogP contribution in [0.25, 0.3) is 6.08 Å². The van der Waals surface area contributed by atoms with Gasteiger partial charge in [0.25, 0.3) is 0 Å². The van der Waals surface area contributed by atoms with E-state index in [1.165, 1.54) is 12.2 Å². The molecule has 0 aromatic heterocycles. The summed E-state index contributed by atoms with van der Waals surface area (Å²) in [5, 5.41) is 0. The smallest absolute Gasteiger partial charge is 0.178 e. The van der Waals surface area contributed by atoms with Crippen LogP contribution < -0.4 is 5.73 Å². The summed E-state index contributed by atoms with van der Waals surface area (Å²) in [6, 6.07) is 7.28. The Hall–Kier alpha value is -1.83. The zero-order chi connectivity index (χ0) is 9.68. The molecule has 2 nitrogen and oxygen atoms in total. The summed E-state index contributed by atoms with van der Waals surface area (Å²) in [6.45, 7) is 3.37. The first-order valence-corrected chi connectivity index (χ1v) is 3.92. The molecule has 0 spiro atoms. The third kappa shape index (κ3) is 2.95. The van der Waals surface area contributed by atoms with E-state index in [1.54, 1.807) is 18.2 Å². The molecule has 0 aliphatic heterocycles. The summed E-state index contributed by atoms with van der Waals surface area (Å²) >= 11 is 0. The van der Waals surface area contributed by atoms with Gasteiger partial charge in [0, 0.05) is 5.69 Å². The van der Waals surface area contributed by atoms with Gasteiger partial charge in [-0.15, -0.1) is 0 Å². The van der Waals surface area contributed by atoms with Crippen LogP contribution in [0.3, 0.4) is 0 Å². The average molecular weight is 173 g/mol. The van der Waals surface area contributed by atoms with Crippen molar-refractivity contribution in [1.29, 1.82) is 0 Å². The monoisotopic (exact) mass is 173 g/mol. The van der Waals surface area contributed by atoms with Crippen molar-refractivity contribution >= 4 is 17.5 Å². The van der Waals surface area contributed by atoms with Gasteiger partial charge in [-0.3, -0.25) is 4.79 Å². The molecule has 0 atom stereocenters. The van der Waals surface area contributed by atoms with Crippen molar-refractivity contribution in [1.82, 2.24) is 0 Å². The first-order chi connectivity index (χ1) is 6.22. The van der Waals surface area contributed by atoms with Gasteiger partial charge in [0.15, 0.2) is 5.78 Å². The van der Waals surface area contributed by atoms with Crippen LogP contribution in [0.4, 0.5) is 5.69 Å². The molecular formula is C11H11NO. The number of allylic oxidation sites excluding steroid dienone is 2. The van der Waals surface area contributed by atoms with Gasteiger partial charge in [-0.2, -0.15) is 0 Å². The Balaban J connectivity index is 2.74. The van der Waals surface area contributed by atoms with E-state index < -0.39 is 0 Å². The number of rotatable bonds is 3. The van der Waals surface area contributed by atoms with Crippen molar-refractivity contribution < 1.29 is 4.79 Å². The molecule has 13 heavy (non-hydrogen) atoms. The van der Waals surface area contributed by atoms with Crippen LogP contribution in [0.15, 0.2) is 43.0 Å². The highest BCUT2D eigenvalue weighted by Gasteiger charge is 1.88. The maximum absolute atomic E-state index is 10.8. The zero-order valence-electron chi connectivity index (χ0n) is 7.23. The van der Waals surface area contributed by atoms with Gasteiger partial charge < -0.3 is 5.73 Å². The quantitative estimate of drug-likeness (QED) is 0.561. The fourth-order valence-electron chi connectivity index (χ4n) is 0.854. The summed E-state index contributed by atoms with van der Waals surface area (Å²) in [5.41, 5.74) is 7.17. The second-order valence-corrected chi connectivity index (χ2v) is 2.61. The van der Waals surface area contributed by atoms with Crippen LogP contribution >= 0.6 is 0 Å². The molecule has 66 valence electrons. The molecule has 0 saturated heterocycles. The van der Waals surface area contributed by atoms with Crippen LogP contribution in [-0.4, -0.2) is 5.78 Å². The summed E-state index contributed by atoms with van der Waals surface area (Å²) in [6.07, 6.45) is 4.47. The molecule has 0 bridgehead atoms. The topological polar surface area (TPSA) is 43.1 Å². The van der Waals surface area contributed by atoms with Crippen LogP contribution in [0.2, 0.25) is 0 Å². The molecule has 0 amide bonds. The van der Waals surface area contributed by atoms with E-state index in [4.69, 9.17) is 5.73 Å². The highest BCUT2D eigenvalue weighted by Crippen LogP contribution is 2.06. The molecule has 0 unspecified atom stereocenters. The first kappa shape index (κ1) is 9.26. The Morgan fingerprint density at radius 2 is 1.92 bits per heavy atom. The van der Waals surface area contributed by atoms with E-state index in [-0.39, 0.29) is 5.78 Å². The minimum absolute atomic E-state index is 0.100. The fourth-order valence-corrected chi connectivity index (χ4v) is 0.854. The number of nitrogens with two attached hydrogens (primary N) is 1. The van der Waals surface area contributed by atoms with Gasteiger partial charge in [0.2, 0.25) is 0 Å². The number of anilines is 1. The summed E-state index contributed by atoms with van der Waals surface area (Å²) < 4.78 is 0. The molecule has 1 aromatic rings. The second-order valence-electron chi connectivity index (χ2n) is 2.61. The van der Waals surface area contributed by atoms with Crippen molar-refractivity contribution in [3.8, 4) is 0 Å². The second kappa shape index (κ2) is 4.26. The van der Waals surface area contributed by atoms with Gasteiger partial charge >= 0.3 is 0 Å². The number of ketones is 1. The first-order valence-electron chi connectivity index (χ1n) is 3.92. The molecule has 0 aliphatic carbocycles. The van der Waals surface area contributed by atoms with Crippen LogP contribution in [0.1, 0.15) is 5.56 Å². The number of carbonyl (C=O) groups excluding carboxylic acids is 1.